The van der Waals surface area contributed by atoms with E-state index in [9.17, 15) is 4.79 Å². The fourth-order valence-corrected chi connectivity index (χ4v) is 2.22. The fraction of sp³-hybridized carbons (Fsp3) is 0.714. The van der Waals surface area contributed by atoms with Gasteiger partial charge in [0, 0.05) is 0 Å². The van der Waals surface area contributed by atoms with Crippen LogP contribution >= 0.6 is 11.8 Å². The number of ketones is 1. The topological polar surface area (TPSA) is 40.9 Å². The van der Waals surface area contributed by atoms with Crippen LogP contribution in [-0.4, -0.2) is 16.3 Å². The number of thioether (sulfide) groups is 1. The van der Waals surface area contributed by atoms with Gasteiger partial charge >= 0.3 is 0 Å². The molecule has 0 aromatic carbocycles. The van der Waals surface area contributed by atoms with Crippen molar-refractivity contribution in [3.8, 4) is 6.07 Å². The van der Waals surface area contributed by atoms with Crippen LogP contribution in [0, 0.1) is 11.3 Å². The molecule has 3 heteroatoms. The summed E-state index contributed by atoms with van der Waals surface area (Å²) >= 11 is 1.51. The van der Waals surface area contributed by atoms with Crippen LogP contribution in [0.25, 0.3) is 0 Å². The fourth-order valence-electron chi connectivity index (χ4n) is 1.03. The van der Waals surface area contributed by atoms with E-state index >= 15 is 0 Å². The van der Waals surface area contributed by atoms with Crippen molar-refractivity contribution in [2.45, 2.75) is 30.3 Å². The number of hydrogen-bond donors (Lipinski definition) is 0. The first kappa shape index (κ1) is 7.62. The molecule has 2 atom stereocenters. The quantitative estimate of drug-likeness (QED) is 0.574. The molecule has 0 bridgehead atoms. The molecular formula is C7H9NOS. The number of rotatable bonds is 1. The Balaban J connectivity index is 2.45. The first-order valence-electron chi connectivity index (χ1n) is 3.29. The molecule has 0 saturated carbocycles. The van der Waals surface area contributed by atoms with Crippen molar-refractivity contribution < 1.29 is 4.79 Å². The van der Waals surface area contributed by atoms with Gasteiger partial charge in [-0.25, -0.2) is 0 Å². The lowest BCUT2D eigenvalue weighted by atomic mass is 10.1. The van der Waals surface area contributed by atoms with E-state index in [1.54, 1.807) is 6.92 Å². The Morgan fingerprint density at radius 3 is 2.70 bits per heavy atom. The number of nitrogens with zero attached hydrogens (tertiary/aromatic N) is 1. The molecule has 1 aliphatic rings. The zero-order valence-corrected chi connectivity index (χ0v) is 6.65. The third-order valence-electron chi connectivity index (χ3n) is 1.62. The number of nitriles is 1. The van der Waals surface area contributed by atoms with Gasteiger partial charge in [0.25, 0.3) is 0 Å². The van der Waals surface area contributed by atoms with Gasteiger partial charge in [0.2, 0.25) is 0 Å². The largest absolute Gasteiger partial charge is 0.299 e. The minimum atomic E-state index is 0.0638. The molecule has 0 amide bonds. The molecule has 1 rings (SSSR count). The Labute approximate surface area is 64.6 Å². The summed E-state index contributed by atoms with van der Waals surface area (Å²) in [4.78, 5) is 10.8. The van der Waals surface area contributed by atoms with E-state index in [1.807, 2.05) is 0 Å². The summed E-state index contributed by atoms with van der Waals surface area (Å²) in [5.41, 5.74) is 0. The highest BCUT2D eigenvalue weighted by atomic mass is 32.2. The van der Waals surface area contributed by atoms with Crippen molar-refractivity contribution >= 4 is 17.5 Å². The van der Waals surface area contributed by atoms with Gasteiger partial charge in [0.1, 0.15) is 5.78 Å². The Morgan fingerprint density at radius 1 is 1.70 bits per heavy atom. The van der Waals surface area contributed by atoms with Gasteiger partial charge in [-0.05, 0) is 19.8 Å². The van der Waals surface area contributed by atoms with Gasteiger partial charge in [0.05, 0.1) is 16.6 Å². The third-order valence-corrected chi connectivity index (χ3v) is 3.18. The highest BCUT2D eigenvalue weighted by molar-refractivity contribution is 8.01. The summed E-state index contributed by atoms with van der Waals surface area (Å²) in [6.07, 6.45) is 1.77. The Hall–Kier alpha value is -0.490. The SMILES string of the molecule is CC(=O)[C@@H]1CC[C@H](C#N)S1. The molecule has 0 spiro atoms. The summed E-state index contributed by atoms with van der Waals surface area (Å²) in [6.45, 7) is 1.59. The maximum absolute atomic E-state index is 10.8. The van der Waals surface area contributed by atoms with Crippen LogP contribution in [0.15, 0.2) is 0 Å². The van der Waals surface area contributed by atoms with E-state index in [4.69, 9.17) is 5.26 Å². The molecule has 0 aromatic heterocycles. The number of hydrogen-bond acceptors (Lipinski definition) is 3. The summed E-state index contributed by atoms with van der Waals surface area (Å²) in [5, 5.41) is 8.65. The molecule has 1 fully saturated rings. The predicted molar refractivity (Wildman–Crippen MR) is 40.7 cm³/mol. The van der Waals surface area contributed by atoms with Gasteiger partial charge in [-0.3, -0.25) is 4.79 Å². The Bertz CT molecular complexity index is 185. The van der Waals surface area contributed by atoms with Gasteiger partial charge in [-0.1, -0.05) is 0 Å². The van der Waals surface area contributed by atoms with Crippen molar-refractivity contribution in [2.24, 2.45) is 0 Å². The van der Waals surface area contributed by atoms with Gasteiger partial charge in [-0.15, -0.1) is 11.8 Å². The van der Waals surface area contributed by atoms with E-state index in [0.29, 0.717) is 0 Å². The molecule has 0 radical (unpaired) electrons. The highest BCUT2D eigenvalue weighted by Crippen LogP contribution is 2.33. The van der Waals surface area contributed by atoms with Crippen molar-refractivity contribution in [3.05, 3.63) is 0 Å². The van der Waals surface area contributed by atoms with E-state index < -0.39 is 0 Å². The van der Waals surface area contributed by atoms with E-state index in [-0.39, 0.29) is 16.3 Å². The molecule has 2 nitrogen and oxygen atoms in total. The maximum Gasteiger partial charge on any atom is 0.142 e. The highest BCUT2D eigenvalue weighted by Gasteiger charge is 2.27. The lowest BCUT2D eigenvalue weighted by Crippen LogP contribution is -2.08. The zero-order valence-electron chi connectivity index (χ0n) is 5.83. The number of carbonyl (C=O) groups excluding carboxylic acids is 1. The lowest BCUT2D eigenvalue weighted by molar-refractivity contribution is -0.116. The third kappa shape index (κ3) is 1.51. The number of carbonyl (C=O) groups is 1. The monoisotopic (exact) mass is 155 g/mol. The molecule has 1 aliphatic heterocycles. The minimum Gasteiger partial charge on any atom is -0.299 e. The first-order valence-corrected chi connectivity index (χ1v) is 4.24. The van der Waals surface area contributed by atoms with Gasteiger partial charge < -0.3 is 0 Å². The molecule has 0 N–H and O–H groups in total. The van der Waals surface area contributed by atoms with Crippen LogP contribution in [0.5, 0.6) is 0 Å². The molecular weight excluding hydrogens is 146 g/mol. The smallest absolute Gasteiger partial charge is 0.142 e. The van der Waals surface area contributed by atoms with E-state index in [2.05, 4.69) is 6.07 Å². The normalized spacial score (nSPS) is 31.6. The maximum atomic E-state index is 10.8. The second kappa shape index (κ2) is 3.07. The average molecular weight is 155 g/mol. The average Bonchev–Trinajstić information content (AvgIpc) is 2.34. The van der Waals surface area contributed by atoms with Gasteiger partial charge in [-0.2, -0.15) is 5.26 Å². The second-order valence-electron chi connectivity index (χ2n) is 2.43. The van der Waals surface area contributed by atoms with E-state index in [1.165, 1.54) is 11.8 Å². The lowest BCUT2D eigenvalue weighted by Gasteiger charge is -2.00. The van der Waals surface area contributed by atoms with Crippen LogP contribution in [0.1, 0.15) is 19.8 Å². The number of Topliss-reactive ketones (excluding diaryl/α,β-unsaturated/α-hetero) is 1. The van der Waals surface area contributed by atoms with Crippen molar-refractivity contribution in [3.63, 3.8) is 0 Å². The molecule has 1 saturated heterocycles. The van der Waals surface area contributed by atoms with Crippen molar-refractivity contribution in [2.75, 3.05) is 0 Å². The molecule has 54 valence electrons. The summed E-state index contributed by atoms with van der Waals surface area (Å²) in [7, 11) is 0. The van der Waals surface area contributed by atoms with Crippen LogP contribution in [0.2, 0.25) is 0 Å². The summed E-state index contributed by atoms with van der Waals surface area (Å²) in [5.74, 6) is 0.211. The molecule has 10 heavy (non-hydrogen) atoms. The first-order chi connectivity index (χ1) is 4.74. The van der Waals surface area contributed by atoms with Crippen molar-refractivity contribution in [1.29, 1.82) is 5.26 Å². The van der Waals surface area contributed by atoms with Gasteiger partial charge in [0.15, 0.2) is 0 Å². The predicted octanol–water partition coefficient (Wildman–Crippen LogP) is 1.36. The standard InChI is InChI=1S/C7H9NOS/c1-5(9)7-3-2-6(4-8)10-7/h6-7H,2-3H2,1H3/t6-,7+/m1/s1. The minimum absolute atomic E-state index is 0.0638. The van der Waals surface area contributed by atoms with Crippen molar-refractivity contribution in [1.82, 2.24) is 0 Å². The molecule has 0 unspecified atom stereocenters. The molecule has 0 aromatic rings. The second-order valence-corrected chi connectivity index (χ2v) is 3.84. The van der Waals surface area contributed by atoms with E-state index in [0.717, 1.165) is 12.8 Å². The zero-order chi connectivity index (χ0) is 7.56. The summed E-state index contributed by atoms with van der Waals surface area (Å²) < 4.78 is 0. The molecule has 1 heterocycles. The van der Waals surface area contributed by atoms with Crippen LogP contribution in [0.3, 0.4) is 0 Å². The molecule has 0 aliphatic carbocycles. The summed E-state index contributed by atoms with van der Waals surface area (Å²) in [6, 6.07) is 2.16. The van der Waals surface area contributed by atoms with Crippen LogP contribution in [0.4, 0.5) is 0 Å². The Morgan fingerprint density at radius 2 is 2.40 bits per heavy atom. The Kier molecular flexibility index (Phi) is 2.34. The van der Waals surface area contributed by atoms with Crippen LogP contribution < -0.4 is 0 Å². The van der Waals surface area contributed by atoms with Crippen LogP contribution in [-0.2, 0) is 4.79 Å².